The number of halogens is 1. The molecule has 22 heavy (non-hydrogen) atoms. The van der Waals surface area contributed by atoms with Gasteiger partial charge in [-0.25, -0.2) is 4.79 Å². The molecule has 0 aliphatic heterocycles. The minimum atomic E-state index is -1.13. The van der Waals surface area contributed by atoms with Crippen molar-refractivity contribution in [1.82, 2.24) is 5.16 Å². The van der Waals surface area contributed by atoms with Crippen LogP contribution in [0.3, 0.4) is 0 Å². The smallest absolute Gasteiger partial charge is 0.337 e. The number of amides is 1. The second-order valence-corrected chi connectivity index (χ2v) is 5.52. The first-order valence-corrected chi connectivity index (χ1v) is 6.99. The van der Waals surface area contributed by atoms with E-state index in [-0.39, 0.29) is 22.4 Å². The average Bonchev–Trinajstić information content (AvgIpc) is 2.80. The fraction of sp³-hybridized carbons (Fsp3) is 0.267. The molecule has 0 fully saturated rings. The number of carboxylic acids is 1. The van der Waals surface area contributed by atoms with Gasteiger partial charge in [0.15, 0.2) is 5.76 Å². The number of aryl methyl sites for hydroxylation is 1. The number of nitrogens with one attached hydrogen (secondary N) is 1. The topological polar surface area (TPSA) is 92.4 Å². The molecule has 0 saturated carbocycles. The van der Waals surface area contributed by atoms with Crippen LogP contribution in [-0.4, -0.2) is 22.1 Å². The van der Waals surface area contributed by atoms with Gasteiger partial charge in [0.25, 0.3) is 5.91 Å². The predicted molar refractivity (Wildman–Crippen MR) is 81.7 cm³/mol. The van der Waals surface area contributed by atoms with Gasteiger partial charge in [-0.15, -0.1) is 0 Å². The average molecular weight is 323 g/mol. The van der Waals surface area contributed by atoms with Gasteiger partial charge in [-0.1, -0.05) is 30.6 Å². The van der Waals surface area contributed by atoms with E-state index in [0.717, 1.165) is 0 Å². The largest absolute Gasteiger partial charge is 0.478 e. The fourth-order valence-electron chi connectivity index (χ4n) is 2.02. The molecule has 2 aromatic rings. The van der Waals surface area contributed by atoms with E-state index in [9.17, 15) is 9.59 Å². The number of carbonyl (C=O) groups is 2. The van der Waals surface area contributed by atoms with Gasteiger partial charge in [0.2, 0.25) is 0 Å². The van der Waals surface area contributed by atoms with Crippen molar-refractivity contribution in [3.8, 4) is 0 Å². The Balaban J connectivity index is 2.28. The summed E-state index contributed by atoms with van der Waals surface area (Å²) in [6, 6.07) is 4.20. The Kier molecular flexibility index (Phi) is 4.51. The Labute approximate surface area is 132 Å². The lowest BCUT2D eigenvalue weighted by atomic mass is 10.0. The Bertz CT molecular complexity index is 737. The van der Waals surface area contributed by atoms with E-state index in [0.29, 0.717) is 22.7 Å². The first kappa shape index (κ1) is 16.0. The second-order valence-electron chi connectivity index (χ2n) is 5.12. The summed E-state index contributed by atoms with van der Waals surface area (Å²) in [5, 5.41) is 15.5. The zero-order valence-corrected chi connectivity index (χ0v) is 13.1. The fourth-order valence-corrected chi connectivity index (χ4v) is 2.28. The van der Waals surface area contributed by atoms with Crippen LogP contribution in [0.15, 0.2) is 22.7 Å². The van der Waals surface area contributed by atoms with Crippen molar-refractivity contribution in [1.29, 1.82) is 0 Å². The minimum Gasteiger partial charge on any atom is -0.478 e. The van der Waals surface area contributed by atoms with Crippen LogP contribution in [0.1, 0.15) is 51.9 Å². The maximum absolute atomic E-state index is 12.4. The first-order valence-electron chi connectivity index (χ1n) is 6.61. The number of carbonyl (C=O) groups excluding carboxylic acids is 1. The third kappa shape index (κ3) is 3.12. The van der Waals surface area contributed by atoms with Crippen LogP contribution >= 0.6 is 11.6 Å². The summed E-state index contributed by atoms with van der Waals surface area (Å²) in [7, 11) is 0. The monoisotopic (exact) mass is 322 g/mol. The molecule has 6 nitrogen and oxygen atoms in total. The molecular formula is C15H15ClN2O4. The number of aromatic carboxylic acids is 1. The van der Waals surface area contributed by atoms with E-state index >= 15 is 0 Å². The number of benzene rings is 1. The molecule has 0 aliphatic rings. The lowest BCUT2D eigenvalue weighted by Gasteiger charge is -2.08. The molecule has 0 bridgehead atoms. The molecular weight excluding hydrogens is 308 g/mol. The van der Waals surface area contributed by atoms with E-state index in [1.165, 1.54) is 18.2 Å². The van der Waals surface area contributed by atoms with Gasteiger partial charge >= 0.3 is 5.97 Å². The molecule has 7 heteroatoms. The first-order chi connectivity index (χ1) is 10.3. The zero-order valence-electron chi connectivity index (χ0n) is 12.3. The van der Waals surface area contributed by atoms with Crippen molar-refractivity contribution in [2.24, 2.45) is 0 Å². The minimum absolute atomic E-state index is 0.0138. The van der Waals surface area contributed by atoms with E-state index in [2.05, 4.69) is 10.5 Å². The SMILES string of the molecule is Cc1noc(C(C)C)c1C(=O)Nc1ccc(C(=O)O)c(Cl)c1. The molecule has 2 N–H and O–H groups in total. The van der Waals surface area contributed by atoms with Gasteiger partial charge in [0.05, 0.1) is 16.3 Å². The Hall–Kier alpha value is -2.34. The normalized spacial score (nSPS) is 10.8. The quantitative estimate of drug-likeness (QED) is 0.895. The second kappa shape index (κ2) is 6.19. The molecule has 2 rings (SSSR count). The molecule has 0 spiro atoms. The van der Waals surface area contributed by atoms with Crippen LogP contribution in [0.25, 0.3) is 0 Å². The van der Waals surface area contributed by atoms with Gasteiger partial charge in [0.1, 0.15) is 5.56 Å². The Morgan fingerprint density at radius 3 is 2.59 bits per heavy atom. The lowest BCUT2D eigenvalue weighted by Crippen LogP contribution is -2.15. The highest BCUT2D eigenvalue weighted by Gasteiger charge is 2.22. The molecule has 1 amide bonds. The third-order valence-electron chi connectivity index (χ3n) is 3.10. The molecule has 0 radical (unpaired) electrons. The van der Waals surface area contributed by atoms with Gasteiger partial charge in [-0.2, -0.15) is 0 Å². The summed E-state index contributed by atoms with van der Waals surface area (Å²) in [5.41, 5.74) is 1.25. The number of hydrogen-bond donors (Lipinski definition) is 2. The standard InChI is InChI=1S/C15H15ClN2O4/c1-7(2)13-12(8(3)18-22-13)14(19)17-9-4-5-10(15(20)21)11(16)6-9/h4-7H,1-3H3,(H,17,19)(H,20,21). The summed E-state index contributed by atoms with van der Waals surface area (Å²) in [4.78, 5) is 23.3. The number of nitrogens with zero attached hydrogens (tertiary/aromatic N) is 1. The predicted octanol–water partition coefficient (Wildman–Crippen LogP) is 3.71. The number of rotatable bonds is 4. The maximum atomic E-state index is 12.4. The van der Waals surface area contributed by atoms with Crippen molar-refractivity contribution in [3.63, 3.8) is 0 Å². The summed E-state index contributed by atoms with van der Waals surface area (Å²) in [5.74, 6) is -0.982. The number of aromatic nitrogens is 1. The summed E-state index contributed by atoms with van der Waals surface area (Å²) < 4.78 is 5.18. The molecule has 1 heterocycles. The molecule has 0 unspecified atom stereocenters. The summed E-state index contributed by atoms with van der Waals surface area (Å²) in [6.07, 6.45) is 0. The number of hydrogen-bond acceptors (Lipinski definition) is 4. The van der Waals surface area contributed by atoms with E-state index < -0.39 is 5.97 Å². The maximum Gasteiger partial charge on any atom is 0.337 e. The molecule has 0 aliphatic carbocycles. The van der Waals surface area contributed by atoms with Crippen LogP contribution < -0.4 is 5.32 Å². The Morgan fingerprint density at radius 1 is 1.36 bits per heavy atom. The number of carboxylic acid groups (broad SMARTS) is 1. The van der Waals surface area contributed by atoms with Crippen molar-refractivity contribution in [3.05, 3.63) is 45.8 Å². The zero-order chi connectivity index (χ0) is 16.4. The van der Waals surface area contributed by atoms with Gasteiger partial charge < -0.3 is 14.9 Å². The van der Waals surface area contributed by atoms with Crippen LogP contribution in [0.5, 0.6) is 0 Å². The third-order valence-corrected chi connectivity index (χ3v) is 3.41. The Morgan fingerprint density at radius 2 is 2.05 bits per heavy atom. The number of anilines is 1. The van der Waals surface area contributed by atoms with Crippen LogP contribution in [0.2, 0.25) is 5.02 Å². The molecule has 1 aromatic carbocycles. The van der Waals surface area contributed by atoms with Crippen LogP contribution in [0.4, 0.5) is 5.69 Å². The molecule has 1 aromatic heterocycles. The van der Waals surface area contributed by atoms with Crippen molar-refractivity contribution >= 4 is 29.2 Å². The lowest BCUT2D eigenvalue weighted by molar-refractivity contribution is 0.0697. The molecule has 0 saturated heterocycles. The summed E-state index contributed by atoms with van der Waals surface area (Å²) in [6.45, 7) is 5.48. The van der Waals surface area contributed by atoms with Crippen molar-refractivity contribution in [2.75, 3.05) is 5.32 Å². The highest BCUT2D eigenvalue weighted by Crippen LogP contribution is 2.25. The van der Waals surface area contributed by atoms with Crippen LogP contribution in [-0.2, 0) is 0 Å². The highest BCUT2D eigenvalue weighted by molar-refractivity contribution is 6.33. The molecule has 116 valence electrons. The van der Waals surface area contributed by atoms with Gasteiger partial charge in [0, 0.05) is 11.6 Å². The van der Waals surface area contributed by atoms with Gasteiger partial charge in [-0.05, 0) is 25.1 Å². The van der Waals surface area contributed by atoms with Crippen LogP contribution in [0, 0.1) is 6.92 Å². The summed E-state index contributed by atoms with van der Waals surface area (Å²) >= 11 is 5.88. The van der Waals surface area contributed by atoms with E-state index in [1.54, 1.807) is 6.92 Å². The van der Waals surface area contributed by atoms with E-state index in [1.807, 2.05) is 13.8 Å². The van der Waals surface area contributed by atoms with Crippen molar-refractivity contribution < 1.29 is 19.2 Å². The van der Waals surface area contributed by atoms with Gasteiger partial charge in [-0.3, -0.25) is 4.79 Å². The van der Waals surface area contributed by atoms with Crippen molar-refractivity contribution in [2.45, 2.75) is 26.7 Å². The highest BCUT2D eigenvalue weighted by atomic mass is 35.5. The van der Waals surface area contributed by atoms with E-state index in [4.69, 9.17) is 21.2 Å². The molecule has 0 atom stereocenters.